The summed E-state index contributed by atoms with van der Waals surface area (Å²) in [6.45, 7) is -0.413. The SMILES string of the molecule is O=C1CCC(N2Cc3c(OC(F)(F)F)ccc(F)c3C2=O)C(=O)N1. The van der Waals surface area contributed by atoms with Gasteiger partial charge >= 0.3 is 6.36 Å². The number of alkyl halides is 3. The Kier molecular flexibility index (Phi) is 3.69. The van der Waals surface area contributed by atoms with Crippen LogP contribution in [0, 0.1) is 5.82 Å². The van der Waals surface area contributed by atoms with Crippen molar-refractivity contribution >= 4 is 17.7 Å². The van der Waals surface area contributed by atoms with Gasteiger partial charge in [0.25, 0.3) is 5.91 Å². The van der Waals surface area contributed by atoms with Gasteiger partial charge in [-0.25, -0.2) is 4.39 Å². The number of fused-ring (bicyclic) bond motifs is 1. The van der Waals surface area contributed by atoms with Crippen LogP contribution < -0.4 is 10.1 Å². The average Bonchev–Trinajstić information content (AvgIpc) is 2.80. The van der Waals surface area contributed by atoms with Crippen molar-refractivity contribution in [2.75, 3.05) is 0 Å². The molecule has 2 aliphatic heterocycles. The maximum absolute atomic E-state index is 13.9. The summed E-state index contributed by atoms with van der Waals surface area (Å²) in [5.74, 6) is -3.86. The van der Waals surface area contributed by atoms with Crippen molar-refractivity contribution in [1.82, 2.24) is 10.2 Å². The molecule has 0 aliphatic carbocycles. The second-order valence-corrected chi connectivity index (χ2v) is 5.35. The number of amides is 3. The number of nitrogens with zero attached hydrogens (tertiary/aromatic N) is 1. The second-order valence-electron chi connectivity index (χ2n) is 5.35. The van der Waals surface area contributed by atoms with Gasteiger partial charge in [0.05, 0.1) is 12.1 Å². The van der Waals surface area contributed by atoms with E-state index in [0.29, 0.717) is 6.07 Å². The molecule has 0 spiro atoms. The van der Waals surface area contributed by atoms with Gasteiger partial charge in [-0.2, -0.15) is 0 Å². The molecule has 3 amide bonds. The van der Waals surface area contributed by atoms with Crippen LogP contribution in [0.4, 0.5) is 17.6 Å². The number of carbonyl (C=O) groups excluding carboxylic acids is 3. The average molecular weight is 346 g/mol. The van der Waals surface area contributed by atoms with E-state index in [2.05, 4.69) is 4.74 Å². The van der Waals surface area contributed by atoms with E-state index in [9.17, 15) is 31.9 Å². The van der Waals surface area contributed by atoms with E-state index in [4.69, 9.17) is 0 Å². The number of rotatable bonds is 2. The number of nitrogens with one attached hydrogen (secondary N) is 1. The van der Waals surface area contributed by atoms with E-state index in [1.807, 2.05) is 5.32 Å². The molecule has 2 aliphatic rings. The Bertz CT molecular complexity index is 747. The molecular weight excluding hydrogens is 336 g/mol. The standard InChI is InChI=1S/C14H10F4N2O4/c15-7-1-3-9(24-14(16,17)18)6-5-20(13(23)11(6)7)8-2-4-10(21)19-12(8)22/h1,3,8H,2,4-5H2,(H,19,21,22). The molecule has 0 saturated carbocycles. The smallest absolute Gasteiger partial charge is 0.405 e. The van der Waals surface area contributed by atoms with Crippen molar-refractivity contribution < 1.29 is 36.7 Å². The Hall–Kier alpha value is -2.65. The lowest BCUT2D eigenvalue weighted by molar-refractivity contribution is -0.275. The van der Waals surface area contributed by atoms with Gasteiger partial charge < -0.3 is 9.64 Å². The molecule has 24 heavy (non-hydrogen) atoms. The summed E-state index contributed by atoms with van der Waals surface area (Å²) in [6, 6.07) is 0.426. The van der Waals surface area contributed by atoms with E-state index < -0.39 is 53.8 Å². The summed E-state index contributed by atoms with van der Waals surface area (Å²) in [6.07, 6.45) is -5.01. The van der Waals surface area contributed by atoms with E-state index in [1.165, 1.54) is 0 Å². The van der Waals surface area contributed by atoms with Crippen LogP contribution in [-0.2, 0) is 16.1 Å². The molecule has 0 bridgehead atoms. The monoisotopic (exact) mass is 346 g/mol. The quantitative estimate of drug-likeness (QED) is 0.650. The Balaban J connectivity index is 1.94. The third-order valence-corrected chi connectivity index (χ3v) is 3.83. The number of ether oxygens (including phenoxy) is 1. The fourth-order valence-electron chi connectivity index (χ4n) is 2.83. The number of carbonyl (C=O) groups is 3. The topological polar surface area (TPSA) is 75.7 Å². The molecule has 1 saturated heterocycles. The highest BCUT2D eigenvalue weighted by molar-refractivity contribution is 6.05. The lowest BCUT2D eigenvalue weighted by Crippen LogP contribution is -2.52. The van der Waals surface area contributed by atoms with Crippen LogP contribution in [0.3, 0.4) is 0 Å². The molecule has 1 unspecified atom stereocenters. The van der Waals surface area contributed by atoms with E-state index >= 15 is 0 Å². The van der Waals surface area contributed by atoms with Gasteiger partial charge in [0.15, 0.2) is 0 Å². The number of hydrogen-bond donors (Lipinski definition) is 1. The van der Waals surface area contributed by atoms with Gasteiger partial charge in [0.2, 0.25) is 11.8 Å². The fraction of sp³-hybridized carbons (Fsp3) is 0.357. The Morgan fingerprint density at radius 2 is 1.92 bits per heavy atom. The van der Waals surface area contributed by atoms with Crippen LogP contribution in [0.25, 0.3) is 0 Å². The predicted molar refractivity (Wildman–Crippen MR) is 69.1 cm³/mol. The van der Waals surface area contributed by atoms with Crippen molar-refractivity contribution in [3.05, 3.63) is 29.1 Å². The molecule has 0 aromatic heterocycles. The zero-order chi connectivity index (χ0) is 17.6. The summed E-state index contributed by atoms with van der Waals surface area (Å²) in [7, 11) is 0. The van der Waals surface area contributed by atoms with Crippen LogP contribution in [0.15, 0.2) is 12.1 Å². The number of halogens is 4. The zero-order valence-corrected chi connectivity index (χ0v) is 11.9. The zero-order valence-electron chi connectivity index (χ0n) is 11.9. The molecule has 1 N–H and O–H groups in total. The summed E-state index contributed by atoms with van der Waals surface area (Å²) in [5.41, 5.74) is -0.830. The first kappa shape index (κ1) is 16.2. The molecule has 1 aromatic carbocycles. The normalized spacial score (nSPS) is 20.9. The van der Waals surface area contributed by atoms with Gasteiger partial charge in [0.1, 0.15) is 17.6 Å². The Morgan fingerprint density at radius 3 is 2.54 bits per heavy atom. The van der Waals surface area contributed by atoms with Crippen LogP contribution in [0.2, 0.25) is 0 Å². The first-order chi connectivity index (χ1) is 11.2. The highest BCUT2D eigenvalue weighted by Gasteiger charge is 2.43. The molecule has 6 nitrogen and oxygen atoms in total. The molecule has 0 radical (unpaired) electrons. The molecule has 1 aromatic rings. The molecule has 2 heterocycles. The molecule has 1 atom stereocenters. The summed E-state index contributed by atoms with van der Waals surface area (Å²) >= 11 is 0. The predicted octanol–water partition coefficient (Wildman–Crippen LogP) is 1.49. The molecular formula is C14H10F4N2O4. The summed E-state index contributed by atoms with van der Waals surface area (Å²) in [4.78, 5) is 36.3. The van der Waals surface area contributed by atoms with E-state index in [1.54, 1.807) is 0 Å². The van der Waals surface area contributed by atoms with Gasteiger partial charge in [-0.1, -0.05) is 0 Å². The van der Waals surface area contributed by atoms with Crippen molar-refractivity contribution in [3.63, 3.8) is 0 Å². The summed E-state index contributed by atoms with van der Waals surface area (Å²) < 4.78 is 55.1. The lowest BCUT2D eigenvalue weighted by atomic mass is 10.0. The van der Waals surface area contributed by atoms with Crippen molar-refractivity contribution in [2.45, 2.75) is 31.8 Å². The van der Waals surface area contributed by atoms with Crippen LogP contribution >= 0.6 is 0 Å². The molecule has 3 rings (SSSR count). The van der Waals surface area contributed by atoms with Crippen molar-refractivity contribution in [2.24, 2.45) is 0 Å². The van der Waals surface area contributed by atoms with Crippen molar-refractivity contribution in [1.29, 1.82) is 0 Å². The van der Waals surface area contributed by atoms with Gasteiger partial charge in [-0.3, -0.25) is 19.7 Å². The number of benzene rings is 1. The van der Waals surface area contributed by atoms with E-state index in [-0.39, 0.29) is 18.4 Å². The van der Waals surface area contributed by atoms with Crippen molar-refractivity contribution in [3.8, 4) is 5.75 Å². The van der Waals surface area contributed by atoms with E-state index in [0.717, 1.165) is 11.0 Å². The highest BCUT2D eigenvalue weighted by atomic mass is 19.4. The first-order valence-corrected chi connectivity index (χ1v) is 6.89. The minimum Gasteiger partial charge on any atom is -0.405 e. The number of piperidine rings is 1. The number of imide groups is 1. The maximum Gasteiger partial charge on any atom is 0.573 e. The highest BCUT2D eigenvalue weighted by Crippen LogP contribution is 2.37. The van der Waals surface area contributed by atoms with Crippen LogP contribution in [-0.4, -0.2) is 35.0 Å². The lowest BCUT2D eigenvalue weighted by Gasteiger charge is -2.29. The number of hydrogen-bond acceptors (Lipinski definition) is 4. The third kappa shape index (κ3) is 2.79. The van der Waals surface area contributed by atoms with Gasteiger partial charge in [-0.15, -0.1) is 13.2 Å². The van der Waals surface area contributed by atoms with Gasteiger partial charge in [-0.05, 0) is 18.6 Å². The van der Waals surface area contributed by atoms with Gasteiger partial charge in [0, 0.05) is 12.0 Å². The minimum atomic E-state index is -5.00. The third-order valence-electron chi connectivity index (χ3n) is 3.83. The minimum absolute atomic E-state index is 0.0154. The largest absolute Gasteiger partial charge is 0.573 e. The molecule has 128 valence electrons. The Morgan fingerprint density at radius 1 is 1.21 bits per heavy atom. The fourth-order valence-corrected chi connectivity index (χ4v) is 2.83. The Labute approximate surface area is 132 Å². The molecule has 1 fully saturated rings. The summed E-state index contributed by atoms with van der Waals surface area (Å²) in [5, 5.41) is 2.04. The molecule has 10 heteroatoms. The van der Waals surface area contributed by atoms with Crippen LogP contribution in [0.5, 0.6) is 5.75 Å². The maximum atomic E-state index is 13.9. The second kappa shape index (κ2) is 5.46. The van der Waals surface area contributed by atoms with Crippen LogP contribution in [0.1, 0.15) is 28.8 Å². The first-order valence-electron chi connectivity index (χ1n) is 6.89.